The van der Waals surface area contributed by atoms with Gasteiger partial charge in [-0.1, -0.05) is 41.7 Å². The van der Waals surface area contributed by atoms with E-state index in [9.17, 15) is 4.79 Å². The van der Waals surface area contributed by atoms with E-state index in [-0.39, 0.29) is 5.91 Å². The molecule has 7 heteroatoms. The Hall–Kier alpha value is -2.74. The lowest BCUT2D eigenvalue weighted by molar-refractivity contribution is -0.114. The van der Waals surface area contributed by atoms with Gasteiger partial charge in [0.05, 0.1) is 30.5 Å². The molecule has 0 saturated carbocycles. The van der Waals surface area contributed by atoms with Crippen molar-refractivity contribution in [3.63, 3.8) is 0 Å². The van der Waals surface area contributed by atoms with Crippen LogP contribution in [0.3, 0.4) is 0 Å². The zero-order valence-electron chi connectivity index (χ0n) is 17.0. The Bertz CT molecular complexity index is 1010. The summed E-state index contributed by atoms with van der Waals surface area (Å²) in [6, 6.07) is 15.6. The topological polar surface area (TPSA) is 54.9 Å². The van der Waals surface area contributed by atoms with E-state index in [0.717, 1.165) is 54.4 Å². The molecule has 3 aromatic rings. The molecule has 1 amide bonds. The van der Waals surface area contributed by atoms with E-state index in [1.807, 2.05) is 54.6 Å². The summed E-state index contributed by atoms with van der Waals surface area (Å²) in [5.74, 6) is 0.714. The lowest BCUT2D eigenvalue weighted by Gasteiger charge is -2.28. The SMILES string of the molecule is COc1ccc2nc(N(CCN3CCOCC3)C(=O)/C=C/c3ccccc3)sc2c1. The average Bonchev–Trinajstić information content (AvgIpc) is 3.22. The molecule has 1 aliphatic rings. The van der Waals surface area contributed by atoms with Gasteiger partial charge >= 0.3 is 0 Å². The van der Waals surface area contributed by atoms with E-state index in [2.05, 4.69) is 4.90 Å². The largest absolute Gasteiger partial charge is 0.497 e. The van der Waals surface area contributed by atoms with Gasteiger partial charge in [-0.3, -0.25) is 14.6 Å². The Kier molecular flexibility index (Phi) is 6.74. The number of fused-ring (bicyclic) bond motifs is 1. The van der Waals surface area contributed by atoms with Gasteiger partial charge in [0.15, 0.2) is 5.13 Å². The van der Waals surface area contributed by atoms with Crippen molar-refractivity contribution >= 4 is 38.7 Å². The summed E-state index contributed by atoms with van der Waals surface area (Å²) in [4.78, 5) is 21.9. The number of rotatable bonds is 7. The van der Waals surface area contributed by atoms with Crippen molar-refractivity contribution in [3.8, 4) is 5.75 Å². The molecule has 0 unspecified atom stereocenters. The first-order valence-corrected chi connectivity index (χ1v) is 10.8. The van der Waals surface area contributed by atoms with E-state index in [4.69, 9.17) is 14.5 Å². The number of morpholine rings is 1. The number of ether oxygens (including phenoxy) is 2. The smallest absolute Gasteiger partial charge is 0.252 e. The lowest BCUT2D eigenvalue weighted by Crippen LogP contribution is -2.42. The van der Waals surface area contributed by atoms with Crippen LogP contribution >= 0.6 is 11.3 Å². The molecule has 4 rings (SSSR count). The van der Waals surface area contributed by atoms with Gasteiger partial charge in [0.25, 0.3) is 5.91 Å². The Labute approximate surface area is 180 Å². The summed E-state index contributed by atoms with van der Waals surface area (Å²) in [5, 5.41) is 0.703. The molecule has 6 nitrogen and oxygen atoms in total. The van der Waals surface area contributed by atoms with E-state index >= 15 is 0 Å². The van der Waals surface area contributed by atoms with Crippen molar-refractivity contribution in [3.05, 3.63) is 60.2 Å². The number of benzene rings is 2. The Morgan fingerprint density at radius 2 is 2.03 bits per heavy atom. The molecular formula is C23H25N3O3S. The van der Waals surface area contributed by atoms with Crippen LogP contribution < -0.4 is 9.64 Å². The third-order valence-electron chi connectivity index (χ3n) is 5.04. The second-order valence-corrected chi connectivity index (χ2v) is 8.03. The molecule has 30 heavy (non-hydrogen) atoms. The molecule has 1 fully saturated rings. The maximum absolute atomic E-state index is 13.1. The van der Waals surface area contributed by atoms with Gasteiger partial charge in [-0.15, -0.1) is 0 Å². The van der Waals surface area contributed by atoms with Crippen LogP contribution in [0.25, 0.3) is 16.3 Å². The van der Waals surface area contributed by atoms with Crippen molar-refractivity contribution in [2.24, 2.45) is 0 Å². The zero-order valence-corrected chi connectivity index (χ0v) is 17.8. The van der Waals surface area contributed by atoms with Crippen LogP contribution in [0.2, 0.25) is 0 Å². The van der Waals surface area contributed by atoms with Crippen molar-refractivity contribution < 1.29 is 14.3 Å². The number of thiazole rings is 1. The predicted octanol–water partition coefficient (Wildman–Crippen LogP) is 3.68. The van der Waals surface area contributed by atoms with E-state index in [1.54, 1.807) is 18.1 Å². The van der Waals surface area contributed by atoms with Crippen molar-refractivity contribution in [1.82, 2.24) is 9.88 Å². The summed E-state index contributed by atoms with van der Waals surface area (Å²) >= 11 is 1.51. The maximum atomic E-state index is 13.1. The first-order chi connectivity index (χ1) is 14.7. The molecule has 156 valence electrons. The molecule has 2 aromatic carbocycles. The lowest BCUT2D eigenvalue weighted by atomic mass is 10.2. The number of methoxy groups -OCH3 is 1. The molecule has 0 N–H and O–H groups in total. The molecule has 0 atom stereocenters. The molecular weight excluding hydrogens is 398 g/mol. The number of carbonyl (C=O) groups excluding carboxylic acids is 1. The second kappa shape index (κ2) is 9.84. The minimum absolute atomic E-state index is 0.0712. The highest BCUT2D eigenvalue weighted by atomic mass is 32.1. The fraction of sp³-hybridized carbons (Fsp3) is 0.304. The highest BCUT2D eigenvalue weighted by Crippen LogP contribution is 2.31. The first-order valence-electron chi connectivity index (χ1n) is 10.0. The minimum Gasteiger partial charge on any atom is -0.497 e. The van der Waals surface area contributed by atoms with Crippen LogP contribution in [0, 0.1) is 0 Å². The fourth-order valence-corrected chi connectivity index (χ4v) is 4.35. The standard InChI is InChI=1S/C23H25N3O3S/c1-28-19-8-9-20-21(17-19)30-23(24-20)26(12-11-25-13-15-29-16-14-25)22(27)10-7-18-5-3-2-4-6-18/h2-10,17H,11-16H2,1H3/b10-7+. The normalized spacial score (nSPS) is 15.0. The second-order valence-electron chi connectivity index (χ2n) is 7.02. The number of anilines is 1. The molecule has 2 heterocycles. The average molecular weight is 424 g/mol. The maximum Gasteiger partial charge on any atom is 0.252 e. The quantitative estimate of drug-likeness (QED) is 0.543. The van der Waals surface area contributed by atoms with Gasteiger partial charge in [0.1, 0.15) is 5.75 Å². The number of nitrogens with zero attached hydrogens (tertiary/aromatic N) is 3. The molecule has 1 aliphatic heterocycles. The molecule has 0 spiro atoms. The molecule has 0 bridgehead atoms. The number of aromatic nitrogens is 1. The Morgan fingerprint density at radius 1 is 1.23 bits per heavy atom. The molecule has 0 radical (unpaired) electrons. The number of hydrogen-bond donors (Lipinski definition) is 0. The van der Waals surface area contributed by atoms with Gasteiger partial charge in [-0.2, -0.15) is 0 Å². The van der Waals surface area contributed by atoms with Crippen LogP contribution in [0.15, 0.2) is 54.6 Å². The van der Waals surface area contributed by atoms with Crippen molar-refractivity contribution in [2.45, 2.75) is 0 Å². The van der Waals surface area contributed by atoms with Crippen LogP contribution in [0.5, 0.6) is 5.75 Å². The zero-order chi connectivity index (χ0) is 20.8. The van der Waals surface area contributed by atoms with Gasteiger partial charge in [-0.05, 0) is 29.8 Å². The molecule has 1 aromatic heterocycles. The number of hydrogen-bond acceptors (Lipinski definition) is 6. The minimum atomic E-state index is -0.0712. The third kappa shape index (κ3) is 5.05. The highest BCUT2D eigenvalue weighted by Gasteiger charge is 2.20. The van der Waals surface area contributed by atoms with Crippen molar-refractivity contribution in [1.29, 1.82) is 0 Å². The van der Waals surface area contributed by atoms with E-state index < -0.39 is 0 Å². The predicted molar refractivity (Wildman–Crippen MR) is 121 cm³/mol. The van der Waals surface area contributed by atoms with Crippen LogP contribution in [0.1, 0.15) is 5.56 Å². The molecule has 1 saturated heterocycles. The molecule has 0 aliphatic carbocycles. The van der Waals surface area contributed by atoms with Gasteiger partial charge in [0.2, 0.25) is 0 Å². The van der Waals surface area contributed by atoms with Crippen LogP contribution in [0.4, 0.5) is 5.13 Å². The van der Waals surface area contributed by atoms with Crippen LogP contribution in [-0.2, 0) is 9.53 Å². The summed E-state index contributed by atoms with van der Waals surface area (Å²) in [6.45, 7) is 4.62. The number of carbonyl (C=O) groups is 1. The first kappa shape index (κ1) is 20.5. The summed E-state index contributed by atoms with van der Waals surface area (Å²) in [7, 11) is 1.65. The van der Waals surface area contributed by atoms with Gasteiger partial charge < -0.3 is 9.47 Å². The van der Waals surface area contributed by atoms with E-state index in [1.165, 1.54) is 11.3 Å². The summed E-state index contributed by atoms with van der Waals surface area (Å²) in [5.41, 5.74) is 1.86. The Balaban J connectivity index is 1.57. The van der Waals surface area contributed by atoms with E-state index in [0.29, 0.717) is 11.7 Å². The third-order valence-corrected chi connectivity index (χ3v) is 6.08. The Morgan fingerprint density at radius 3 is 2.80 bits per heavy atom. The highest BCUT2D eigenvalue weighted by molar-refractivity contribution is 7.22. The fourth-order valence-electron chi connectivity index (χ4n) is 3.32. The van der Waals surface area contributed by atoms with Gasteiger partial charge in [-0.25, -0.2) is 4.98 Å². The van der Waals surface area contributed by atoms with Crippen LogP contribution in [-0.4, -0.2) is 62.3 Å². The summed E-state index contributed by atoms with van der Waals surface area (Å²) < 4.78 is 11.8. The summed E-state index contributed by atoms with van der Waals surface area (Å²) in [6.07, 6.45) is 3.47. The van der Waals surface area contributed by atoms with Crippen molar-refractivity contribution in [2.75, 3.05) is 51.4 Å². The number of amides is 1. The monoisotopic (exact) mass is 423 g/mol. The van der Waals surface area contributed by atoms with Gasteiger partial charge in [0, 0.05) is 32.3 Å².